The molecule has 0 aromatic heterocycles. The molecule has 92 valence electrons. The smallest absolute Gasteiger partial charge is 6.00 e. The molecule has 0 saturated heterocycles. The Balaban J connectivity index is -0.0000000655. The van der Waals surface area contributed by atoms with E-state index in [1.807, 2.05) is 0 Å². The number of hydrogen-bond acceptors (Lipinski definition) is 12. The molecule has 16 heteroatoms. The standard InChI is InChI=1S/3Cr.12O.Zn/q;;;;;;;;;6*-1;+6. The first-order valence-electron chi connectivity index (χ1n) is 2.00. The molecule has 0 aliphatic rings. The minimum Gasteiger partial charge on any atom is 6.00 e. The largest absolute Gasteiger partial charge is 6.00 e. The Morgan fingerprint density at radius 3 is 0.438 bits per heavy atom. The van der Waals surface area contributed by atoms with Gasteiger partial charge < -0.3 is 0 Å². The van der Waals surface area contributed by atoms with Crippen LogP contribution in [0.4, 0.5) is 0 Å². The van der Waals surface area contributed by atoms with Gasteiger partial charge in [-0.05, 0) is 0 Å². The second kappa shape index (κ2) is 9.77. The maximum Gasteiger partial charge on any atom is 6.00 e. The van der Waals surface area contributed by atoms with Gasteiger partial charge in [0.15, 0.2) is 0 Å². The van der Waals surface area contributed by atoms with Gasteiger partial charge in [0, 0.05) is 0 Å². The monoisotopic (exact) mass is 412 g/mol. The zero-order chi connectivity index (χ0) is 13.5. The van der Waals surface area contributed by atoms with Crippen LogP contribution < -0.4 is 24.9 Å². The van der Waals surface area contributed by atoms with Gasteiger partial charge in [-0.15, -0.1) is 0 Å². The van der Waals surface area contributed by atoms with Gasteiger partial charge in [-0.3, -0.25) is 0 Å². The third kappa shape index (κ3) is 4600. The maximum absolute atomic E-state index is 8.59. The van der Waals surface area contributed by atoms with Gasteiger partial charge in [0.25, 0.3) is 0 Å². The van der Waals surface area contributed by atoms with Gasteiger partial charge in [0.1, 0.15) is 0 Å². The predicted molar refractivity (Wildman–Crippen MR) is 4.12 cm³/mol. The molecule has 0 N–H and O–H groups in total. The summed E-state index contributed by atoms with van der Waals surface area (Å²) in [5.74, 6) is 0. The fraction of sp³-hybridized carbons (Fsp3) is 0. The van der Waals surface area contributed by atoms with Crippen molar-refractivity contribution in [2.24, 2.45) is 0 Å². The first kappa shape index (κ1) is 25.6. The summed E-state index contributed by atoms with van der Waals surface area (Å²) in [6.07, 6.45) is 0. The Morgan fingerprint density at radius 1 is 0.438 bits per heavy atom. The molecule has 0 unspecified atom stereocenters. The second-order valence-electron chi connectivity index (χ2n) is 1.22. The molecule has 0 fully saturated rings. The SMILES string of the molecule is [O]=[Cr](=[O])([O-])[O-].[O]=[Cr](=[O])([O-])[O-].[O]=[Cr](=[O])([O-])[O-].[Zn+6]. The van der Waals surface area contributed by atoms with E-state index in [9.17, 15) is 0 Å². The van der Waals surface area contributed by atoms with E-state index >= 15 is 0 Å². The summed E-state index contributed by atoms with van der Waals surface area (Å²) in [7, 11) is 0. The van der Waals surface area contributed by atoms with Crippen LogP contribution in [-0.2, 0) is 83.1 Å². The van der Waals surface area contributed by atoms with Crippen molar-refractivity contribution in [3.05, 3.63) is 0 Å². The van der Waals surface area contributed by atoms with E-state index in [0.717, 1.165) is 0 Å². The quantitative estimate of drug-likeness (QED) is 0.336. The molecule has 0 amide bonds. The summed E-state index contributed by atoms with van der Waals surface area (Å²) in [6, 6.07) is 0. The average Bonchev–Trinajstić information content (AvgIpc) is 1.41. The van der Waals surface area contributed by atoms with E-state index in [-0.39, 0.29) is 19.5 Å². The van der Waals surface area contributed by atoms with Crippen LogP contribution in [0.1, 0.15) is 0 Å². The van der Waals surface area contributed by atoms with Crippen LogP contribution in [0.2, 0.25) is 0 Å². The number of rotatable bonds is 0. The Kier molecular flexibility index (Phi) is 15.6. The van der Waals surface area contributed by atoms with Gasteiger partial charge in [-0.2, -0.15) is 0 Å². The van der Waals surface area contributed by atoms with Crippen LogP contribution in [0.3, 0.4) is 0 Å². The van der Waals surface area contributed by atoms with E-state index in [4.69, 9.17) is 47.8 Å². The third-order valence-corrected chi connectivity index (χ3v) is 0. The van der Waals surface area contributed by atoms with Crippen LogP contribution >= 0.6 is 0 Å². The maximum atomic E-state index is 8.59. The van der Waals surface area contributed by atoms with Crippen LogP contribution in [0.15, 0.2) is 0 Å². The van der Waals surface area contributed by atoms with Crippen LogP contribution in [0.25, 0.3) is 0 Å². The third-order valence-electron chi connectivity index (χ3n) is 0. The van der Waals surface area contributed by atoms with Gasteiger partial charge in [0.05, 0.1) is 0 Å². The molecule has 0 aromatic carbocycles. The van der Waals surface area contributed by atoms with E-state index in [2.05, 4.69) is 0 Å². The molecule has 0 aliphatic heterocycles. The van der Waals surface area contributed by atoms with Crippen LogP contribution in [0, 0.1) is 0 Å². The summed E-state index contributed by atoms with van der Waals surface area (Å²) in [5.41, 5.74) is 0. The van der Waals surface area contributed by atoms with Crippen molar-refractivity contribution < 1.29 is 108 Å². The summed E-state index contributed by atoms with van der Waals surface area (Å²) < 4.78 is 103. The molecule has 0 aliphatic carbocycles. The molecule has 0 heterocycles. The molecular weight excluding hydrogens is 413 g/mol. The topological polar surface area (TPSA) is 241 Å². The molecule has 0 aromatic rings. The number of hydrogen-bond donors (Lipinski definition) is 0. The first-order chi connectivity index (χ1) is 6.00. The minimum absolute atomic E-state index is 0. The Labute approximate surface area is 107 Å². The zero-order valence-electron chi connectivity index (χ0n) is 6.83. The zero-order valence-corrected chi connectivity index (χ0v) is 13.6. The van der Waals surface area contributed by atoms with Gasteiger partial charge >= 0.3 is 108 Å². The molecular formula is Cr3O12Zn. The normalized spacial score (nSPS) is 10.9. The van der Waals surface area contributed by atoms with Crippen LogP contribution in [0.5, 0.6) is 0 Å². The van der Waals surface area contributed by atoms with Gasteiger partial charge in [-0.25, -0.2) is 0 Å². The summed E-state index contributed by atoms with van der Waals surface area (Å²) in [5, 5.41) is 0. The van der Waals surface area contributed by atoms with Gasteiger partial charge in [-0.1, -0.05) is 0 Å². The van der Waals surface area contributed by atoms with Crippen molar-refractivity contribution in [2.75, 3.05) is 0 Å². The van der Waals surface area contributed by atoms with E-state index in [0.29, 0.717) is 0 Å². The van der Waals surface area contributed by atoms with Crippen molar-refractivity contribution in [1.29, 1.82) is 0 Å². The second-order valence-corrected chi connectivity index (χ2v) is 5.05. The Hall–Kier alpha value is 0.781. The minimum atomic E-state index is -5.75. The molecule has 0 radical (unpaired) electrons. The Morgan fingerprint density at radius 2 is 0.438 bits per heavy atom. The predicted octanol–water partition coefficient (Wildman–Crippen LogP) is -7.86. The molecule has 0 spiro atoms. The Bertz CT molecular complexity index is 337. The van der Waals surface area contributed by atoms with Crippen molar-refractivity contribution >= 4 is 0 Å². The fourth-order valence-corrected chi connectivity index (χ4v) is 0. The molecule has 0 rings (SSSR count). The van der Waals surface area contributed by atoms with Crippen LogP contribution in [-0.4, -0.2) is 0 Å². The fourth-order valence-electron chi connectivity index (χ4n) is 0. The molecule has 12 nitrogen and oxygen atoms in total. The molecule has 0 bridgehead atoms. The van der Waals surface area contributed by atoms with Crippen molar-refractivity contribution in [2.45, 2.75) is 0 Å². The molecule has 16 heavy (non-hydrogen) atoms. The molecule has 0 atom stereocenters. The van der Waals surface area contributed by atoms with E-state index < -0.39 is 40.8 Å². The summed E-state index contributed by atoms with van der Waals surface area (Å²) in [6.45, 7) is 0. The van der Waals surface area contributed by atoms with Crippen molar-refractivity contribution in [1.82, 2.24) is 0 Å². The average molecular weight is 413 g/mol. The van der Waals surface area contributed by atoms with E-state index in [1.54, 1.807) is 0 Å². The van der Waals surface area contributed by atoms with Crippen molar-refractivity contribution in [3.8, 4) is 0 Å². The summed E-state index contributed by atoms with van der Waals surface area (Å²) in [4.78, 5) is 0. The van der Waals surface area contributed by atoms with Crippen molar-refractivity contribution in [3.63, 3.8) is 0 Å². The summed E-state index contributed by atoms with van der Waals surface area (Å²) >= 11 is -17.2. The first-order valence-corrected chi connectivity index (χ1v) is 8.25. The van der Waals surface area contributed by atoms with E-state index in [1.165, 1.54) is 0 Å². The van der Waals surface area contributed by atoms with Gasteiger partial charge in [0.2, 0.25) is 0 Å². The molecule has 0 saturated carbocycles.